The number of benzene rings is 1. The highest BCUT2D eigenvalue weighted by molar-refractivity contribution is 6.29. The number of carbonyl (C=O) groups excluding carboxylic acids is 1. The number of hydrogen-bond donors (Lipinski definition) is 0. The first kappa shape index (κ1) is 13.8. The van der Waals surface area contributed by atoms with Crippen molar-refractivity contribution in [2.45, 2.75) is 6.54 Å². The summed E-state index contributed by atoms with van der Waals surface area (Å²) < 4.78 is 12.7. The van der Waals surface area contributed by atoms with Crippen LogP contribution in [0.1, 0.15) is 5.69 Å². The van der Waals surface area contributed by atoms with E-state index in [2.05, 4.69) is 0 Å². The van der Waals surface area contributed by atoms with E-state index in [-0.39, 0.29) is 11.8 Å². The van der Waals surface area contributed by atoms with Crippen LogP contribution in [0.3, 0.4) is 0 Å². The van der Waals surface area contributed by atoms with Gasteiger partial charge in [-0.15, -0.1) is 11.6 Å². The van der Waals surface area contributed by atoms with Crippen LogP contribution in [0.2, 0.25) is 0 Å². The Morgan fingerprint density at radius 2 is 1.90 bits per heavy atom. The molecule has 6 heteroatoms. The van der Waals surface area contributed by atoms with Gasteiger partial charge >= 0.3 is 0 Å². The van der Waals surface area contributed by atoms with Gasteiger partial charge in [-0.25, -0.2) is 0 Å². The summed E-state index contributed by atoms with van der Waals surface area (Å²) in [5.41, 5.74) is 2.66. The number of methoxy groups -OCH3 is 2. The van der Waals surface area contributed by atoms with Crippen molar-refractivity contribution in [1.82, 2.24) is 4.57 Å². The van der Waals surface area contributed by atoms with Gasteiger partial charge in [-0.2, -0.15) is 0 Å². The van der Waals surface area contributed by atoms with Crippen molar-refractivity contribution in [3.8, 4) is 17.2 Å². The summed E-state index contributed by atoms with van der Waals surface area (Å²) in [7, 11) is 3.16. The average Bonchev–Trinajstić information content (AvgIpc) is 3.00. The number of ether oxygens (including phenoxy) is 2. The van der Waals surface area contributed by atoms with Crippen molar-refractivity contribution in [1.29, 1.82) is 0 Å². The van der Waals surface area contributed by atoms with Gasteiger partial charge in [0.15, 0.2) is 11.5 Å². The number of anilines is 1. The molecule has 110 valence electrons. The highest BCUT2D eigenvalue weighted by atomic mass is 35.5. The standard InChI is InChI=1S/C15H15ClN2O3/c1-20-13-6-11-12(7-14(13)21-2)18(15(19)8-16)9-10-4-3-5-17(10)11/h3-7H,8-9H2,1-2H3. The van der Waals surface area contributed by atoms with Crippen LogP contribution in [0.4, 0.5) is 5.69 Å². The summed E-state index contributed by atoms with van der Waals surface area (Å²) in [5, 5.41) is 0. The van der Waals surface area contributed by atoms with Gasteiger partial charge in [-0.1, -0.05) is 0 Å². The van der Waals surface area contributed by atoms with E-state index in [1.54, 1.807) is 19.1 Å². The topological polar surface area (TPSA) is 43.7 Å². The third-order valence-electron chi connectivity index (χ3n) is 3.60. The Kier molecular flexibility index (Phi) is 3.51. The lowest BCUT2D eigenvalue weighted by Crippen LogP contribution is -2.35. The zero-order valence-corrected chi connectivity index (χ0v) is 12.6. The molecule has 1 aromatic heterocycles. The average molecular weight is 307 g/mol. The predicted octanol–water partition coefficient (Wildman–Crippen LogP) is 2.58. The van der Waals surface area contributed by atoms with Crippen molar-refractivity contribution in [2.75, 3.05) is 25.0 Å². The van der Waals surface area contributed by atoms with Gasteiger partial charge in [0.1, 0.15) is 5.88 Å². The van der Waals surface area contributed by atoms with Gasteiger partial charge in [0, 0.05) is 24.0 Å². The van der Waals surface area contributed by atoms with Gasteiger partial charge in [0.25, 0.3) is 0 Å². The van der Waals surface area contributed by atoms with Gasteiger partial charge in [-0.3, -0.25) is 4.79 Å². The van der Waals surface area contributed by atoms with Crippen molar-refractivity contribution in [3.63, 3.8) is 0 Å². The van der Waals surface area contributed by atoms with Gasteiger partial charge in [0.2, 0.25) is 5.91 Å². The maximum absolute atomic E-state index is 12.1. The molecule has 0 saturated carbocycles. The van der Waals surface area contributed by atoms with E-state index in [0.717, 1.165) is 17.1 Å². The zero-order valence-electron chi connectivity index (χ0n) is 11.8. The van der Waals surface area contributed by atoms with Crippen LogP contribution in [0.25, 0.3) is 5.69 Å². The lowest BCUT2D eigenvalue weighted by Gasteiger charge is -2.31. The van der Waals surface area contributed by atoms with E-state index in [4.69, 9.17) is 21.1 Å². The number of nitrogens with zero attached hydrogens (tertiary/aromatic N) is 2. The van der Waals surface area contributed by atoms with Crippen LogP contribution in [0, 0.1) is 0 Å². The summed E-state index contributed by atoms with van der Waals surface area (Å²) in [4.78, 5) is 13.8. The van der Waals surface area contributed by atoms with Gasteiger partial charge in [-0.05, 0) is 12.1 Å². The first-order valence-corrected chi connectivity index (χ1v) is 7.02. The Hall–Kier alpha value is -2.14. The minimum atomic E-state index is -0.141. The minimum Gasteiger partial charge on any atom is -0.493 e. The smallest absolute Gasteiger partial charge is 0.242 e. The zero-order chi connectivity index (χ0) is 15.0. The van der Waals surface area contributed by atoms with Crippen LogP contribution in [0.15, 0.2) is 30.5 Å². The van der Waals surface area contributed by atoms with Crippen LogP contribution in [-0.2, 0) is 11.3 Å². The van der Waals surface area contributed by atoms with Gasteiger partial charge < -0.3 is 18.9 Å². The molecule has 0 N–H and O–H groups in total. The summed E-state index contributed by atoms with van der Waals surface area (Å²) in [6.45, 7) is 0.487. The number of rotatable bonds is 3. The molecule has 0 spiro atoms. The van der Waals surface area contributed by atoms with Crippen LogP contribution >= 0.6 is 11.6 Å². The molecule has 21 heavy (non-hydrogen) atoms. The normalized spacial score (nSPS) is 12.6. The van der Waals surface area contributed by atoms with Crippen molar-refractivity contribution in [2.24, 2.45) is 0 Å². The molecule has 1 aliphatic rings. The second kappa shape index (κ2) is 5.33. The second-order valence-corrected chi connectivity index (χ2v) is 4.95. The Morgan fingerprint density at radius 3 is 2.52 bits per heavy atom. The Labute approximate surface area is 127 Å². The molecule has 0 unspecified atom stereocenters. The summed E-state index contributed by atoms with van der Waals surface area (Å²) in [6, 6.07) is 7.60. The van der Waals surface area contributed by atoms with Crippen molar-refractivity contribution >= 4 is 23.2 Å². The quantitative estimate of drug-likeness (QED) is 0.819. The van der Waals surface area contributed by atoms with Gasteiger partial charge in [0.05, 0.1) is 32.1 Å². The molecule has 1 aliphatic heterocycles. The van der Waals surface area contributed by atoms with E-state index in [9.17, 15) is 4.79 Å². The van der Waals surface area contributed by atoms with E-state index in [1.807, 2.05) is 35.0 Å². The fourth-order valence-corrected chi connectivity index (χ4v) is 2.73. The molecule has 0 aliphatic carbocycles. The number of carbonyl (C=O) groups is 1. The van der Waals surface area contributed by atoms with E-state index in [1.165, 1.54) is 0 Å². The Morgan fingerprint density at radius 1 is 1.24 bits per heavy atom. The molecule has 3 rings (SSSR count). The van der Waals surface area contributed by atoms with Crippen molar-refractivity contribution < 1.29 is 14.3 Å². The maximum atomic E-state index is 12.1. The largest absolute Gasteiger partial charge is 0.493 e. The summed E-state index contributed by atoms with van der Waals surface area (Å²) in [5.74, 6) is 1.00. The monoisotopic (exact) mass is 306 g/mol. The molecule has 0 radical (unpaired) electrons. The lowest BCUT2D eigenvalue weighted by atomic mass is 10.1. The third-order valence-corrected chi connectivity index (χ3v) is 3.83. The summed E-state index contributed by atoms with van der Waals surface area (Å²) in [6.07, 6.45) is 1.96. The Bertz CT molecular complexity index is 696. The number of fused-ring (bicyclic) bond motifs is 3. The third kappa shape index (κ3) is 2.14. The molecular weight excluding hydrogens is 292 g/mol. The molecule has 0 fully saturated rings. The highest BCUT2D eigenvalue weighted by Gasteiger charge is 2.27. The molecular formula is C15H15ClN2O3. The molecule has 0 bridgehead atoms. The van der Waals surface area contributed by atoms with Crippen molar-refractivity contribution in [3.05, 3.63) is 36.2 Å². The molecule has 2 aromatic rings. The number of amides is 1. The highest BCUT2D eigenvalue weighted by Crippen LogP contribution is 2.40. The molecule has 5 nitrogen and oxygen atoms in total. The molecule has 2 heterocycles. The molecule has 1 amide bonds. The fraction of sp³-hybridized carbons (Fsp3) is 0.267. The van der Waals surface area contributed by atoms with Crippen LogP contribution < -0.4 is 14.4 Å². The predicted molar refractivity (Wildman–Crippen MR) is 80.8 cm³/mol. The van der Waals surface area contributed by atoms with Crippen LogP contribution in [0.5, 0.6) is 11.5 Å². The van der Waals surface area contributed by atoms with E-state index in [0.29, 0.717) is 18.0 Å². The SMILES string of the molecule is COc1cc2c(cc1OC)-n1cccc1CN2C(=O)CCl. The van der Waals surface area contributed by atoms with E-state index >= 15 is 0 Å². The summed E-state index contributed by atoms with van der Waals surface area (Å²) >= 11 is 5.73. The van der Waals surface area contributed by atoms with Crippen LogP contribution in [-0.4, -0.2) is 30.6 Å². The minimum absolute atomic E-state index is 0.0610. The lowest BCUT2D eigenvalue weighted by molar-refractivity contribution is -0.116. The maximum Gasteiger partial charge on any atom is 0.242 e. The number of halogens is 1. The molecule has 0 atom stereocenters. The van der Waals surface area contributed by atoms with E-state index < -0.39 is 0 Å². The molecule has 0 saturated heterocycles. The Balaban J connectivity index is 2.23. The number of alkyl halides is 1. The second-order valence-electron chi connectivity index (χ2n) is 4.68. The first-order valence-electron chi connectivity index (χ1n) is 6.48. The molecule has 1 aromatic carbocycles. The first-order chi connectivity index (χ1) is 10.2. The fourth-order valence-electron chi connectivity index (χ4n) is 2.59. The number of hydrogen-bond acceptors (Lipinski definition) is 3. The number of aromatic nitrogens is 1.